The van der Waals surface area contributed by atoms with E-state index >= 15 is 0 Å². The molecule has 3 rings (SSSR count). The molecule has 0 saturated heterocycles. The SMILES string of the molecule is CCOC(=O)c1cc2c(cc1N1C(=O)C=CC1=O)C(=O)OC2=O. The molecular formula is C15H9NO7. The summed E-state index contributed by atoms with van der Waals surface area (Å²) in [7, 11) is 0. The third-order valence-corrected chi connectivity index (χ3v) is 3.31. The van der Waals surface area contributed by atoms with Gasteiger partial charge in [-0.1, -0.05) is 0 Å². The van der Waals surface area contributed by atoms with Crippen LogP contribution >= 0.6 is 0 Å². The first-order valence-corrected chi connectivity index (χ1v) is 6.61. The summed E-state index contributed by atoms with van der Waals surface area (Å²) in [5, 5.41) is 0. The lowest BCUT2D eigenvalue weighted by Gasteiger charge is -2.18. The maximum Gasteiger partial charge on any atom is 0.346 e. The number of hydrogen-bond donors (Lipinski definition) is 0. The molecule has 8 nitrogen and oxygen atoms in total. The highest BCUT2D eigenvalue weighted by atomic mass is 16.6. The Morgan fingerprint density at radius 2 is 1.61 bits per heavy atom. The fraction of sp³-hybridized carbons (Fsp3) is 0.133. The van der Waals surface area contributed by atoms with Crippen LogP contribution in [0.1, 0.15) is 38.0 Å². The Bertz CT molecular complexity index is 803. The van der Waals surface area contributed by atoms with Gasteiger partial charge in [0.1, 0.15) is 0 Å². The molecule has 1 aromatic carbocycles. The smallest absolute Gasteiger partial charge is 0.346 e. The summed E-state index contributed by atoms with van der Waals surface area (Å²) >= 11 is 0. The molecule has 2 aliphatic rings. The van der Waals surface area contributed by atoms with Crippen molar-refractivity contribution >= 4 is 35.4 Å². The summed E-state index contributed by atoms with van der Waals surface area (Å²) in [6.45, 7) is 1.63. The van der Waals surface area contributed by atoms with Crippen molar-refractivity contribution in [3.63, 3.8) is 0 Å². The number of cyclic esters (lactones) is 2. The maximum absolute atomic E-state index is 12.1. The zero-order valence-electron chi connectivity index (χ0n) is 11.8. The van der Waals surface area contributed by atoms with Gasteiger partial charge in [0, 0.05) is 12.2 Å². The third kappa shape index (κ3) is 2.20. The van der Waals surface area contributed by atoms with Crippen molar-refractivity contribution in [2.75, 3.05) is 11.5 Å². The molecule has 0 saturated carbocycles. The van der Waals surface area contributed by atoms with Gasteiger partial charge >= 0.3 is 17.9 Å². The van der Waals surface area contributed by atoms with Gasteiger partial charge in [0.2, 0.25) is 0 Å². The summed E-state index contributed by atoms with van der Waals surface area (Å²) in [5.74, 6) is -3.98. The van der Waals surface area contributed by atoms with E-state index in [0.29, 0.717) is 0 Å². The van der Waals surface area contributed by atoms with E-state index < -0.39 is 29.7 Å². The van der Waals surface area contributed by atoms with Crippen molar-refractivity contribution in [3.8, 4) is 0 Å². The first kappa shape index (κ1) is 14.6. The first-order valence-electron chi connectivity index (χ1n) is 6.61. The van der Waals surface area contributed by atoms with Crippen molar-refractivity contribution in [1.29, 1.82) is 0 Å². The Kier molecular flexibility index (Phi) is 3.29. The molecule has 116 valence electrons. The minimum Gasteiger partial charge on any atom is -0.462 e. The second kappa shape index (κ2) is 5.16. The van der Waals surface area contributed by atoms with E-state index in [0.717, 1.165) is 29.2 Å². The molecular weight excluding hydrogens is 306 g/mol. The van der Waals surface area contributed by atoms with Crippen molar-refractivity contribution in [3.05, 3.63) is 41.0 Å². The number of nitrogens with zero attached hydrogens (tertiary/aromatic N) is 1. The molecule has 0 N–H and O–H groups in total. The number of hydrogen-bond acceptors (Lipinski definition) is 7. The molecule has 2 aliphatic heterocycles. The average molecular weight is 315 g/mol. The Labute approximate surface area is 129 Å². The molecule has 2 heterocycles. The van der Waals surface area contributed by atoms with E-state index in [1.165, 1.54) is 0 Å². The van der Waals surface area contributed by atoms with Gasteiger partial charge in [0.05, 0.1) is 29.0 Å². The Morgan fingerprint density at radius 1 is 1.04 bits per heavy atom. The van der Waals surface area contributed by atoms with Crippen LogP contribution in [0.5, 0.6) is 0 Å². The number of carbonyl (C=O) groups is 5. The van der Waals surface area contributed by atoms with E-state index in [4.69, 9.17) is 4.74 Å². The number of ether oxygens (including phenoxy) is 2. The van der Waals surface area contributed by atoms with Gasteiger partial charge in [-0.05, 0) is 19.1 Å². The van der Waals surface area contributed by atoms with Gasteiger partial charge in [-0.15, -0.1) is 0 Å². The largest absolute Gasteiger partial charge is 0.462 e. The summed E-state index contributed by atoms with van der Waals surface area (Å²) in [4.78, 5) is 59.8. The van der Waals surface area contributed by atoms with E-state index in [1.54, 1.807) is 6.92 Å². The molecule has 23 heavy (non-hydrogen) atoms. The van der Waals surface area contributed by atoms with Gasteiger partial charge in [0.25, 0.3) is 11.8 Å². The highest BCUT2D eigenvalue weighted by molar-refractivity contribution is 6.30. The lowest BCUT2D eigenvalue weighted by atomic mass is 10.0. The number of esters is 3. The number of imide groups is 1. The molecule has 0 atom stereocenters. The summed E-state index contributed by atoms with van der Waals surface area (Å²) in [6, 6.07) is 2.20. The summed E-state index contributed by atoms with van der Waals surface area (Å²) in [6.07, 6.45) is 2.07. The second-order valence-corrected chi connectivity index (χ2v) is 4.66. The lowest BCUT2D eigenvalue weighted by molar-refractivity contribution is -0.120. The lowest BCUT2D eigenvalue weighted by Crippen LogP contribution is -2.31. The predicted molar refractivity (Wildman–Crippen MR) is 73.8 cm³/mol. The van der Waals surface area contributed by atoms with Crippen LogP contribution in [0, 0.1) is 0 Å². The standard InChI is InChI=1S/C15H9NO7/c1-2-22-13(19)9-5-7-8(15(21)23-14(7)20)6-10(9)16-11(17)3-4-12(16)18/h3-6H,2H2,1H3. The van der Waals surface area contributed by atoms with Crippen LogP contribution in [0.3, 0.4) is 0 Å². The summed E-state index contributed by atoms with van der Waals surface area (Å²) < 4.78 is 9.34. The van der Waals surface area contributed by atoms with Crippen molar-refractivity contribution in [2.24, 2.45) is 0 Å². The fourth-order valence-corrected chi connectivity index (χ4v) is 2.32. The van der Waals surface area contributed by atoms with E-state index in [-0.39, 0.29) is 29.0 Å². The first-order chi connectivity index (χ1) is 10.9. The molecule has 8 heteroatoms. The fourth-order valence-electron chi connectivity index (χ4n) is 2.32. The Morgan fingerprint density at radius 3 is 2.17 bits per heavy atom. The molecule has 0 aliphatic carbocycles. The molecule has 0 bridgehead atoms. The molecule has 0 aromatic heterocycles. The predicted octanol–water partition coefficient (Wildman–Crippen LogP) is 0.603. The number of anilines is 1. The quantitative estimate of drug-likeness (QED) is 0.456. The van der Waals surface area contributed by atoms with Crippen LogP contribution in [-0.4, -0.2) is 36.3 Å². The normalized spacial score (nSPS) is 16.0. The zero-order valence-corrected chi connectivity index (χ0v) is 11.8. The van der Waals surface area contributed by atoms with Gasteiger partial charge in [-0.2, -0.15) is 0 Å². The van der Waals surface area contributed by atoms with Crippen LogP contribution in [-0.2, 0) is 19.1 Å². The van der Waals surface area contributed by atoms with E-state index in [9.17, 15) is 24.0 Å². The minimum absolute atomic E-state index is 0.0544. The Hall–Kier alpha value is -3.29. The van der Waals surface area contributed by atoms with Gasteiger partial charge in [-0.25, -0.2) is 19.3 Å². The summed E-state index contributed by atoms with van der Waals surface area (Å²) in [5.41, 5.74) is -0.545. The van der Waals surface area contributed by atoms with Crippen LogP contribution in [0.2, 0.25) is 0 Å². The van der Waals surface area contributed by atoms with Crippen molar-refractivity contribution in [2.45, 2.75) is 6.92 Å². The van der Waals surface area contributed by atoms with Crippen LogP contribution in [0.4, 0.5) is 5.69 Å². The topological polar surface area (TPSA) is 107 Å². The van der Waals surface area contributed by atoms with Crippen molar-refractivity contribution < 1.29 is 33.4 Å². The molecule has 2 amide bonds. The highest BCUT2D eigenvalue weighted by Gasteiger charge is 2.36. The third-order valence-electron chi connectivity index (χ3n) is 3.31. The van der Waals surface area contributed by atoms with E-state index in [2.05, 4.69) is 4.74 Å². The van der Waals surface area contributed by atoms with Gasteiger partial charge in [-0.3, -0.25) is 9.59 Å². The number of amides is 2. The van der Waals surface area contributed by atoms with Crippen LogP contribution in [0.25, 0.3) is 0 Å². The van der Waals surface area contributed by atoms with Gasteiger partial charge in [0.15, 0.2) is 0 Å². The second-order valence-electron chi connectivity index (χ2n) is 4.66. The zero-order chi connectivity index (χ0) is 16.7. The molecule has 0 unspecified atom stereocenters. The number of fused-ring (bicyclic) bond motifs is 1. The number of rotatable bonds is 3. The molecule has 1 aromatic rings. The highest BCUT2D eigenvalue weighted by Crippen LogP contribution is 2.32. The molecule has 0 fully saturated rings. The number of benzene rings is 1. The minimum atomic E-state index is -0.909. The maximum atomic E-state index is 12.1. The Balaban J connectivity index is 2.21. The van der Waals surface area contributed by atoms with Crippen LogP contribution in [0.15, 0.2) is 24.3 Å². The van der Waals surface area contributed by atoms with E-state index in [1.807, 2.05) is 0 Å². The monoisotopic (exact) mass is 315 g/mol. The van der Waals surface area contributed by atoms with Gasteiger partial charge < -0.3 is 9.47 Å². The van der Waals surface area contributed by atoms with Crippen molar-refractivity contribution in [1.82, 2.24) is 0 Å². The average Bonchev–Trinajstić information content (AvgIpc) is 2.98. The molecule has 0 radical (unpaired) electrons. The number of carbonyl (C=O) groups excluding carboxylic acids is 5. The molecule has 0 spiro atoms. The van der Waals surface area contributed by atoms with Crippen LogP contribution < -0.4 is 4.90 Å².